The van der Waals surface area contributed by atoms with E-state index in [9.17, 15) is 9.59 Å². The standard InChI is InChI=1S/C26H25N3O4/c1-32-25(30)23(14-16-7-6-8-17(13-16)24(27)28)29-26(31)33-15-22-20-11-4-2-9-18(20)19-10-3-5-12-21(19)22/h2-13,22-23H,14-15H2,1H3,(H3,27,28)(H,29,31)/t23-/m0/s1. The lowest BCUT2D eigenvalue weighted by Gasteiger charge is -2.19. The highest BCUT2D eigenvalue weighted by atomic mass is 16.6. The molecule has 0 saturated heterocycles. The van der Waals surface area contributed by atoms with E-state index in [1.54, 1.807) is 24.3 Å². The zero-order valence-electron chi connectivity index (χ0n) is 18.2. The van der Waals surface area contributed by atoms with E-state index in [4.69, 9.17) is 20.6 Å². The molecule has 0 aliphatic heterocycles. The van der Waals surface area contributed by atoms with Gasteiger partial charge in [-0.25, -0.2) is 9.59 Å². The fourth-order valence-corrected chi connectivity index (χ4v) is 4.22. The Bertz CT molecular complexity index is 1160. The second kappa shape index (κ2) is 9.56. The van der Waals surface area contributed by atoms with Gasteiger partial charge in [-0.3, -0.25) is 5.41 Å². The fourth-order valence-electron chi connectivity index (χ4n) is 4.22. The van der Waals surface area contributed by atoms with Crippen LogP contribution in [-0.4, -0.2) is 37.7 Å². The van der Waals surface area contributed by atoms with Gasteiger partial charge >= 0.3 is 12.1 Å². The number of nitrogens with two attached hydrogens (primary N) is 1. The van der Waals surface area contributed by atoms with E-state index in [2.05, 4.69) is 17.4 Å². The largest absolute Gasteiger partial charge is 0.467 e. The summed E-state index contributed by atoms with van der Waals surface area (Å²) in [6, 6.07) is 22.2. The number of methoxy groups -OCH3 is 1. The summed E-state index contributed by atoms with van der Waals surface area (Å²) in [6.45, 7) is 0.146. The molecule has 168 valence electrons. The average molecular weight is 444 g/mol. The Balaban J connectivity index is 1.45. The second-order valence-corrected chi connectivity index (χ2v) is 7.86. The van der Waals surface area contributed by atoms with Gasteiger partial charge in [0.15, 0.2) is 0 Å². The van der Waals surface area contributed by atoms with E-state index in [0.717, 1.165) is 27.8 Å². The van der Waals surface area contributed by atoms with Crippen molar-refractivity contribution in [2.45, 2.75) is 18.4 Å². The van der Waals surface area contributed by atoms with Gasteiger partial charge in [-0.15, -0.1) is 0 Å². The van der Waals surface area contributed by atoms with E-state index < -0.39 is 18.1 Å². The fraction of sp³-hybridized carbons (Fsp3) is 0.192. The Labute approximate surface area is 192 Å². The third-order valence-electron chi connectivity index (χ3n) is 5.80. The van der Waals surface area contributed by atoms with Crippen molar-refractivity contribution in [1.29, 1.82) is 5.41 Å². The molecule has 7 nitrogen and oxygen atoms in total. The summed E-state index contributed by atoms with van der Waals surface area (Å²) in [4.78, 5) is 24.9. The first-order chi connectivity index (χ1) is 16.0. The van der Waals surface area contributed by atoms with E-state index in [1.165, 1.54) is 7.11 Å². The number of alkyl carbamates (subject to hydrolysis) is 1. The van der Waals surface area contributed by atoms with Gasteiger partial charge in [0.1, 0.15) is 18.5 Å². The molecule has 0 unspecified atom stereocenters. The van der Waals surface area contributed by atoms with Crippen molar-refractivity contribution in [3.63, 3.8) is 0 Å². The lowest BCUT2D eigenvalue weighted by molar-refractivity contribution is -0.143. The number of benzene rings is 3. The van der Waals surface area contributed by atoms with Crippen LogP contribution >= 0.6 is 0 Å². The molecule has 4 rings (SSSR count). The third kappa shape index (κ3) is 4.72. The van der Waals surface area contributed by atoms with Gasteiger partial charge in [0.05, 0.1) is 7.11 Å². The van der Waals surface area contributed by atoms with E-state index >= 15 is 0 Å². The highest BCUT2D eigenvalue weighted by Crippen LogP contribution is 2.44. The van der Waals surface area contributed by atoms with Crippen molar-refractivity contribution in [3.8, 4) is 11.1 Å². The number of fused-ring (bicyclic) bond motifs is 3. The van der Waals surface area contributed by atoms with Crippen molar-refractivity contribution < 1.29 is 19.1 Å². The molecule has 0 bridgehead atoms. The molecule has 4 N–H and O–H groups in total. The number of nitrogens with one attached hydrogen (secondary N) is 2. The molecular formula is C26H25N3O4. The van der Waals surface area contributed by atoms with Gasteiger partial charge in [-0.1, -0.05) is 66.7 Å². The predicted molar refractivity (Wildman–Crippen MR) is 125 cm³/mol. The Morgan fingerprint density at radius 2 is 1.64 bits per heavy atom. The number of carbonyl (C=O) groups is 2. The zero-order chi connectivity index (χ0) is 23.4. The monoisotopic (exact) mass is 443 g/mol. The van der Waals surface area contributed by atoms with Crippen LogP contribution in [0.25, 0.3) is 11.1 Å². The van der Waals surface area contributed by atoms with Crippen LogP contribution < -0.4 is 11.1 Å². The maximum absolute atomic E-state index is 12.6. The number of carbonyl (C=O) groups excluding carboxylic acids is 2. The van der Waals surface area contributed by atoms with Crippen LogP contribution in [0.4, 0.5) is 4.79 Å². The smallest absolute Gasteiger partial charge is 0.407 e. The molecule has 7 heteroatoms. The molecule has 0 radical (unpaired) electrons. The van der Waals surface area contributed by atoms with E-state index in [-0.39, 0.29) is 24.8 Å². The van der Waals surface area contributed by atoms with Crippen LogP contribution in [0.1, 0.15) is 28.2 Å². The van der Waals surface area contributed by atoms with Crippen molar-refractivity contribution in [2.75, 3.05) is 13.7 Å². The van der Waals surface area contributed by atoms with Crippen LogP contribution in [0.3, 0.4) is 0 Å². The minimum atomic E-state index is -0.937. The minimum Gasteiger partial charge on any atom is -0.467 e. The number of esters is 1. The van der Waals surface area contributed by atoms with Crippen LogP contribution in [0.2, 0.25) is 0 Å². The summed E-state index contributed by atoms with van der Waals surface area (Å²) in [7, 11) is 1.26. The molecule has 3 aromatic carbocycles. The number of amidine groups is 1. The molecule has 3 aromatic rings. The number of ether oxygens (including phenoxy) is 2. The number of rotatable bonds is 7. The summed E-state index contributed by atoms with van der Waals surface area (Å²) in [5.74, 6) is -0.736. The molecule has 1 atom stereocenters. The Morgan fingerprint density at radius 3 is 2.24 bits per heavy atom. The second-order valence-electron chi connectivity index (χ2n) is 7.86. The summed E-state index contributed by atoms with van der Waals surface area (Å²) < 4.78 is 10.4. The lowest BCUT2D eigenvalue weighted by Crippen LogP contribution is -2.43. The molecule has 0 saturated carbocycles. The summed E-state index contributed by atoms with van der Waals surface area (Å²) in [6.07, 6.45) is -0.521. The van der Waals surface area contributed by atoms with E-state index in [0.29, 0.717) is 5.56 Å². The Hall–Kier alpha value is -4.13. The van der Waals surface area contributed by atoms with Crippen LogP contribution in [0.15, 0.2) is 72.8 Å². The maximum Gasteiger partial charge on any atom is 0.407 e. The normalized spacial score (nSPS) is 12.9. The molecule has 0 fully saturated rings. The number of hydrogen-bond acceptors (Lipinski definition) is 5. The zero-order valence-corrected chi connectivity index (χ0v) is 18.2. The van der Waals surface area contributed by atoms with Gasteiger partial charge < -0.3 is 20.5 Å². The van der Waals surface area contributed by atoms with Crippen LogP contribution in [0.5, 0.6) is 0 Å². The van der Waals surface area contributed by atoms with Gasteiger partial charge in [-0.05, 0) is 33.9 Å². The average Bonchev–Trinajstić information content (AvgIpc) is 3.15. The van der Waals surface area contributed by atoms with Crippen molar-refractivity contribution in [2.24, 2.45) is 5.73 Å². The summed E-state index contributed by atoms with van der Waals surface area (Å²) >= 11 is 0. The number of nitrogen functional groups attached to an aromatic ring is 1. The highest BCUT2D eigenvalue weighted by Gasteiger charge is 2.30. The molecule has 1 amide bonds. The highest BCUT2D eigenvalue weighted by molar-refractivity contribution is 5.95. The number of amides is 1. The van der Waals surface area contributed by atoms with Crippen molar-refractivity contribution >= 4 is 17.9 Å². The first-order valence-corrected chi connectivity index (χ1v) is 10.6. The molecule has 0 aromatic heterocycles. The van der Waals surface area contributed by atoms with Crippen LogP contribution in [-0.2, 0) is 20.7 Å². The van der Waals surface area contributed by atoms with Crippen LogP contribution in [0, 0.1) is 5.41 Å². The van der Waals surface area contributed by atoms with Gasteiger partial charge in [0, 0.05) is 17.9 Å². The van der Waals surface area contributed by atoms with Crippen molar-refractivity contribution in [3.05, 3.63) is 95.1 Å². The first kappa shape index (κ1) is 22.1. The molecule has 1 aliphatic carbocycles. The quantitative estimate of drug-likeness (QED) is 0.293. The van der Waals surface area contributed by atoms with Gasteiger partial charge in [-0.2, -0.15) is 0 Å². The third-order valence-corrected chi connectivity index (χ3v) is 5.80. The lowest BCUT2D eigenvalue weighted by atomic mass is 9.98. The van der Waals surface area contributed by atoms with Crippen molar-refractivity contribution in [1.82, 2.24) is 5.32 Å². The number of hydrogen-bond donors (Lipinski definition) is 3. The van der Waals surface area contributed by atoms with Gasteiger partial charge in [0.2, 0.25) is 0 Å². The predicted octanol–water partition coefficient (Wildman–Crippen LogP) is 3.59. The Kier molecular flexibility index (Phi) is 6.40. The summed E-state index contributed by atoms with van der Waals surface area (Å²) in [5.41, 5.74) is 11.3. The molecule has 0 spiro atoms. The molecular weight excluding hydrogens is 418 g/mol. The first-order valence-electron chi connectivity index (χ1n) is 10.6. The SMILES string of the molecule is COC(=O)[C@H](Cc1cccc(C(=N)N)c1)NC(=O)OCC1c2ccccc2-c2ccccc21. The molecule has 0 heterocycles. The Morgan fingerprint density at radius 1 is 1.00 bits per heavy atom. The molecule has 1 aliphatic rings. The maximum atomic E-state index is 12.6. The van der Waals surface area contributed by atoms with Gasteiger partial charge in [0.25, 0.3) is 0 Å². The molecule has 33 heavy (non-hydrogen) atoms. The topological polar surface area (TPSA) is 115 Å². The minimum absolute atomic E-state index is 0.0732. The van der Waals surface area contributed by atoms with E-state index in [1.807, 2.05) is 36.4 Å². The summed E-state index contributed by atoms with van der Waals surface area (Å²) in [5, 5.41) is 10.2.